The number of aliphatic hydroxyl groups is 1. The van der Waals surface area contributed by atoms with Crippen LogP contribution in [0.1, 0.15) is 17.2 Å². The maximum atomic E-state index is 12.1. The van der Waals surface area contributed by atoms with Gasteiger partial charge in [0.25, 0.3) is 0 Å². The van der Waals surface area contributed by atoms with Crippen LogP contribution in [-0.4, -0.2) is 20.1 Å². The van der Waals surface area contributed by atoms with E-state index < -0.39 is 16.1 Å². The summed E-state index contributed by atoms with van der Waals surface area (Å²) in [6, 6.07) is 15.0. The molecule has 0 aliphatic rings. The normalized spacial score (nSPS) is 13.4. The molecular weight excluding hydrogens is 322 g/mol. The Morgan fingerprint density at radius 2 is 1.73 bits per heavy atom. The first-order valence-electron chi connectivity index (χ1n) is 6.62. The topological polar surface area (TPSA) is 66.4 Å². The quantitative estimate of drug-likeness (QED) is 0.851. The Bertz CT molecular complexity index is 728. The highest BCUT2D eigenvalue weighted by atomic mass is 35.5. The van der Waals surface area contributed by atoms with Crippen molar-refractivity contribution in [3.05, 3.63) is 76.2 Å². The Morgan fingerprint density at radius 3 is 2.32 bits per heavy atom. The lowest BCUT2D eigenvalue weighted by Gasteiger charge is -2.15. The Morgan fingerprint density at radius 1 is 1.09 bits per heavy atom. The molecule has 0 spiro atoms. The van der Waals surface area contributed by atoms with Gasteiger partial charge in [-0.25, -0.2) is 13.1 Å². The van der Waals surface area contributed by atoms with Gasteiger partial charge in [-0.2, -0.15) is 0 Å². The fraction of sp³-hybridized carbons (Fsp3) is 0.125. The summed E-state index contributed by atoms with van der Waals surface area (Å²) in [6.07, 6.45) is 1.47. The molecule has 116 valence electrons. The molecule has 0 fully saturated rings. The molecule has 0 radical (unpaired) electrons. The second kappa shape index (κ2) is 7.56. The van der Waals surface area contributed by atoms with Crippen LogP contribution in [0.5, 0.6) is 0 Å². The molecule has 2 aromatic carbocycles. The fourth-order valence-corrected chi connectivity index (χ4v) is 3.02. The van der Waals surface area contributed by atoms with E-state index in [4.69, 9.17) is 11.6 Å². The van der Waals surface area contributed by atoms with Crippen LogP contribution in [0.25, 0.3) is 6.08 Å². The Kier molecular flexibility index (Phi) is 5.74. The maximum absolute atomic E-state index is 12.1. The molecule has 2 rings (SSSR count). The molecule has 1 atom stereocenters. The van der Waals surface area contributed by atoms with Crippen LogP contribution < -0.4 is 4.72 Å². The van der Waals surface area contributed by atoms with E-state index in [1.807, 2.05) is 6.07 Å². The SMILES string of the molecule is O=S(=O)(/C=C/c1ccc(Cl)cc1)NC(CO)c1ccccc1. The van der Waals surface area contributed by atoms with Crippen LogP contribution in [0.3, 0.4) is 0 Å². The van der Waals surface area contributed by atoms with Crippen LogP contribution in [0, 0.1) is 0 Å². The highest BCUT2D eigenvalue weighted by molar-refractivity contribution is 7.92. The number of benzene rings is 2. The van der Waals surface area contributed by atoms with Crippen LogP contribution in [0.2, 0.25) is 5.02 Å². The molecule has 6 heteroatoms. The summed E-state index contributed by atoms with van der Waals surface area (Å²) in [6.45, 7) is -0.321. The van der Waals surface area contributed by atoms with Gasteiger partial charge in [-0.1, -0.05) is 54.1 Å². The lowest BCUT2D eigenvalue weighted by molar-refractivity contribution is 0.259. The zero-order chi connectivity index (χ0) is 16.0. The second-order valence-electron chi connectivity index (χ2n) is 4.66. The van der Waals surface area contributed by atoms with Crippen molar-refractivity contribution in [1.29, 1.82) is 0 Å². The maximum Gasteiger partial charge on any atom is 0.234 e. The lowest BCUT2D eigenvalue weighted by Crippen LogP contribution is -2.29. The minimum absolute atomic E-state index is 0.321. The van der Waals surface area contributed by atoms with Crippen molar-refractivity contribution >= 4 is 27.7 Å². The molecule has 2 aromatic rings. The Hall–Kier alpha value is -1.66. The zero-order valence-corrected chi connectivity index (χ0v) is 13.3. The summed E-state index contributed by atoms with van der Waals surface area (Å²) in [5.74, 6) is 0. The second-order valence-corrected chi connectivity index (χ2v) is 6.70. The Labute approximate surface area is 135 Å². The van der Waals surface area contributed by atoms with E-state index in [-0.39, 0.29) is 6.61 Å². The molecule has 0 amide bonds. The van der Waals surface area contributed by atoms with Crippen molar-refractivity contribution in [2.24, 2.45) is 0 Å². The molecule has 4 nitrogen and oxygen atoms in total. The molecule has 22 heavy (non-hydrogen) atoms. The summed E-state index contributed by atoms with van der Waals surface area (Å²) < 4.78 is 26.6. The first-order chi connectivity index (χ1) is 10.5. The average Bonchev–Trinajstić information content (AvgIpc) is 2.53. The number of sulfonamides is 1. The summed E-state index contributed by atoms with van der Waals surface area (Å²) in [4.78, 5) is 0. The summed E-state index contributed by atoms with van der Waals surface area (Å²) >= 11 is 5.77. The molecular formula is C16H16ClNO3S. The van der Waals surface area contributed by atoms with Gasteiger partial charge in [0.05, 0.1) is 12.6 Å². The molecule has 0 saturated carbocycles. The fourth-order valence-electron chi connectivity index (χ4n) is 1.88. The molecule has 0 bridgehead atoms. The van der Waals surface area contributed by atoms with E-state index in [0.29, 0.717) is 10.6 Å². The smallest absolute Gasteiger partial charge is 0.234 e. The van der Waals surface area contributed by atoms with Crippen molar-refractivity contribution in [3.63, 3.8) is 0 Å². The molecule has 0 aromatic heterocycles. The number of halogens is 1. The van der Waals surface area contributed by atoms with E-state index in [2.05, 4.69) is 4.72 Å². The van der Waals surface area contributed by atoms with E-state index in [1.165, 1.54) is 6.08 Å². The lowest BCUT2D eigenvalue weighted by atomic mass is 10.1. The van der Waals surface area contributed by atoms with Crippen LogP contribution in [0.15, 0.2) is 60.0 Å². The number of hydrogen-bond acceptors (Lipinski definition) is 3. The predicted octanol–water partition coefficient (Wildman–Crippen LogP) is 2.96. The van der Waals surface area contributed by atoms with E-state index in [9.17, 15) is 13.5 Å². The van der Waals surface area contributed by atoms with Gasteiger partial charge in [0, 0.05) is 10.4 Å². The third-order valence-corrected chi connectivity index (χ3v) is 4.36. The Balaban J connectivity index is 2.11. The van der Waals surface area contributed by atoms with Crippen molar-refractivity contribution in [3.8, 4) is 0 Å². The van der Waals surface area contributed by atoms with Gasteiger partial charge < -0.3 is 5.11 Å². The van der Waals surface area contributed by atoms with Gasteiger partial charge in [0.15, 0.2) is 0 Å². The zero-order valence-electron chi connectivity index (χ0n) is 11.7. The van der Waals surface area contributed by atoms with Crippen molar-refractivity contribution in [2.75, 3.05) is 6.61 Å². The predicted molar refractivity (Wildman–Crippen MR) is 88.8 cm³/mol. The van der Waals surface area contributed by atoms with Gasteiger partial charge >= 0.3 is 0 Å². The average molecular weight is 338 g/mol. The molecule has 0 aliphatic carbocycles. The third kappa shape index (κ3) is 4.96. The molecule has 0 saturated heterocycles. The summed E-state index contributed by atoms with van der Waals surface area (Å²) in [5.41, 5.74) is 1.42. The largest absolute Gasteiger partial charge is 0.394 e. The highest BCUT2D eigenvalue weighted by Crippen LogP contribution is 2.14. The van der Waals surface area contributed by atoms with Crippen molar-refractivity contribution in [2.45, 2.75) is 6.04 Å². The monoisotopic (exact) mass is 337 g/mol. The van der Waals surface area contributed by atoms with Crippen molar-refractivity contribution < 1.29 is 13.5 Å². The highest BCUT2D eigenvalue weighted by Gasteiger charge is 2.16. The molecule has 2 N–H and O–H groups in total. The van der Waals surface area contributed by atoms with E-state index >= 15 is 0 Å². The number of rotatable bonds is 6. The van der Waals surface area contributed by atoms with Crippen LogP contribution >= 0.6 is 11.6 Å². The number of aliphatic hydroxyl groups excluding tert-OH is 1. The van der Waals surface area contributed by atoms with Gasteiger partial charge in [-0.05, 0) is 29.3 Å². The molecule has 1 unspecified atom stereocenters. The number of nitrogens with one attached hydrogen (secondary N) is 1. The first-order valence-corrected chi connectivity index (χ1v) is 8.54. The van der Waals surface area contributed by atoms with Gasteiger partial charge in [0.2, 0.25) is 10.0 Å². The minimum Gasteiger partial charge on any atom is -0.394 e. The van der Waals surface area contributed by atoms with Crippen LogP contribution in [0.4, 0.5) is 0 Å². The van der Waals surface area contributed by atoms with Crippen LogP contribution in [-0.2, 0) is 10.0 Å². The molecule has 0 heterocycles. The standard InChI is InChI=1S/C16H16ClNO3S/c17-15-8-6-13(7-9-15)10-11-22(20,21)18-16(12-19)14-4-2-1-3-5-14/h1-11,16,18-19H,12H2/b11-10+. The summed E-state index contributed by atoms with van der Waals surface area (Å²) in [5, 5.41) is 11.0. The van der Waals surface area contributed by atoms with Gasteiger partial charge in [-0.15, -0.1) is 0 Å². The van der Waals surface area contributed by atoms with E-state index in [0.717, 1.165) is 11.0 Å². The summed E-state index contributed by atoms with van der Waals surface area (Å²) in [7, 11) is -3.67. The minimum atomic E-state index is -3.67. The van der Waals surface area contributed by atoms with E-state index in [1.54, 1.807) is 48.5 Å². The van der Waals surface area contributed by atoms with Crippen molar-refractivity contribution in [1.82, 2.24) is 4.72 Å². The molecule has 0 aliphatic heterocycles. The van der Waals surface area contributed by atoms with Gasteiger partial charge in [0.1, 0.15) is 0 Å². The number of hydrogen-bond donors (Lipinski definition) is 2. The first kappa shape index (κ1) is 16.7. The van der Waals surface area contributed by atoms with Gasteiger partial charge in [-0.3, -0.25) is 0 Å². The third-order valence-electron chi connectivity index (χ3n) is 3.00.